The molecular formula is C8H9BrO. The van der Waals surface area contributed by atoms with Crippen molar-refractivity contribution in [2.45, 2.75) is 6.92 Å². The van der Waals surface area contributed by atoms with E-state index in [4.69, 9.17) is 0 Å². The Morgan fingerprint density at radius 2 is 2.10 bits per heavy atom. The molecule has 0 aromatic rings. The van der Waals surface area contributed by atoms with E-state index in [9.17, 15) is 4.79 Å². The quantitative estimate of drug-likeness (QED) is 0.389. The molecule has 0 aliphatic heterocycles. The standard InChI is InChI=1S/C8H9BrO/c1-2-5-8(9)6-3-4-7-10/h2-7H,1H3/b4-3+,5-2-,8-6+. The van der Waals surface area contributed by atoms with E-state index in [2.05, 4.69) is 15.9 Å². The van der Waals surface area contributed by atoms with Crippen molar-refractivity contribution in [3.05, 3.63) is 34.9 Å². The second-order valence-electron chi connectivity index (χ2n) is 1.57. The van der Waals surface area contributed by atoms with Gasteiger partial charge in [0.15, 0.2) is 0 Å². The third kappa shape index (κ3) is 5.51. The minimum Gasteiger partial charge on any atom is -0.299 e. The Kier molecular flexibility index (Phi) is 6.08. The summed E-state index contributed by atoms with van der Waals surface area (Å²) in [4.78, 5) is 9.79. The Balaban J connectivity index is 3.90. The Bertz CT molecular complexity index is 178. The number of rotatable bonds is 3. The van der Waals surface area contributed by atoms with E-state index in [1.165, 1.54) is 6.08 Å². The zero-order chi connectivity index (χ0) is 7.82. The highest BCUT2D eigenvalue weighted by molar-refractivity contribution is 9.11. The second kappa shape index (κ2) is 6.49. The highest BCUT2D eigenvalue weighted by Crippen LogP contribution is 2.05. The molecule has 0 aliphatic rings. The first-order valence-corrected chi connectivity index (χ1v) is 3.71. The average Bonchev–Trinajstić information content (AvgIpc) is 1.89. The molecule has 1 nitrogen and oxygen atoms in total. The number of halogens is 1. The molecule has 0 aromatic carbocycles. The van der Waals surface area contributed by atoms with Crippen LogP contribution in [-0.4, -0.2) is 6.29 Å². The van der Waals surface area contributed by atoms with Crippen LogP contribution in [0.3, 0.4) is 0 Å². The van der Waals surface area contributed by atoms with Crippen molar-refractivity contribution in [1.29, 1.82) is 0 Å². The third-order valence-electron chi connectivity index (χ3n) is 0.771. The van der Waals surface area contributed by atoms with Crippen LogP contribution in [0.2, 0.25) is 0 Å². The maximum Gasteiger partial charge on any atom is 0.142 e. The first-order valence-electron chi connectivity index (χ1n) is 2.91. The van der Waals surface area contributed by atoms with Gasteiger partial charge in [-0.2, -0.15) is 0 Å². The lowest BCUT2D eigenvalue weighted by Crippen LogP contribution is -1.60. The molecule has 54 valence electrons. The predicted molar refractivity (Wildman–Crippen MR) is 47.0 cm³/mol. The summed E-state index contributed by atoms with van der Waals surface area (Å²) in [7, 11) is 0. The molecule has 0 atom stereocenters. The van der Waals surface area contributed by atoms with Gasteiger partial charge in [0.25, 0.3) is 0 Å². The lowest BCUT2D eigenvalue weighted by molar-refractivity contribution is -0.104. The number of aldehydes is 1. The highest BCUT2D eigenvalue weighted by Gasteiger charge is 1.76. The average molecular weight is 201 g/mol. The zero-order valence-electron chi connectivity index (χ0n) is 5.75. The second-order valence-corrected chi connectivity index (χ2v) is 2.49. The van der Waals surface area contributed by atoms with Crippen molar-refractivity contribution >= 4 is 22.2 Å². The smallest absolute Gasteiger partial charge is 0.142 e. The summed E-state index contributed by atoms with van der Waals surface area (Å²) in [6.45, 7) is 1.93. The summed E-state index contributed by atoms with van der Waals surface area (Å²) in [5.41, 5.74) is 0. The van der Waals surface area contributed by atoms with Gasteiger partial charge in [0.1, 0.15) is 6.29 Å². The fraction of sp³-hybridized carbons (Fsp3) is 0.125. The molecule has 0 N–H and O–H groups in total. The lowest BCUT2D eigenvalue weighted by atomic mass is 10.4. The largest absolute Gasteiger partial charge is 0.299 e. The molecular weight excluding hydrogens is 192 g/mol. The Morgan fingerprint density at radius 3 is 2.60 bits per heavy atom. The lowest BCUT2D eigenvalue weighted by Gasteiger charge is -1.81. The topological polar surface area (TPSA) is 17.1 Å². The summed E-state index contributed by atoms with van der Waals surface area (Å²) >= 11 is 3.28. The Hall–Kier alpha value is -0.630. The van der Waals surface area contributed by atoms with Gasteiger partial charge in [-0.15, -0.1) is 0 Å². The summed E-state index contributed by atoms with van der Waals surface area (Å²) < 4.78 is 0.952. The molecule has 0 aliphatic carbocycles. The fourth-order valence-electron chi connectivity index (χ4n) is 0.408. The monoisotopic (exact) mass is 200 g/mol. The van der Waals surface area contributed by atoms with Gasteiger partial charge in [-0.3, -0.25) is 4.79 Å². The minimum absolute atomic E-state index is 0.742. The molecule has 0 radical (unpaired) electrons. The number of carbonyl (C=O) groups is 1. The van der Waals surface area contributed by atoms with E-state index in [0.717, 1.165) is 10.8 Å². The van der Waals surface area contributed by atoms with Crippen molar-refractivity contribution in [3.8, 4) is 0 Å². The normalized spacial score (nSPS) is 13.2. The molecule has 0 unspecified atom stereocenters. The van der Waals surface area contributed by atoms with Crippen LogP contribution in [-0.2, 0) is 4.79 Å². The van der Waals surface area contributed by atoms with E-state index in [1.807, 2.05) is 19.1 Å². The van der Waals surface area contributed by atoms with Crippen LogP contribution in [0.5, 0.6) is 0 Å². The summed E-state index contributed by atoms with van der Waals surface area (Å²) in [5, 5.41) is 0. The summed E-state index contributed by atoms with van der Waals surface area (Å²) in [5.74, 6) is 0. The van der Waals surface area contributed by atoms with Crippen molar-refractivity contribution in [1.82, 2.24) is 0 Å². The Labute approximate surface area is 69.3 Å². The molecule has 0 spiro atoms. The number of allylic oxidation sites excluding steroid dienone is 6. The van der Waals surface area contributed by atoms with Gasteiger partial charge >= 0.3 is 0 Å². The van der Waals surface area contributed by atoms with Gasteiger partial charge in [-0.25, -0.2) is 0 Å². The molecule has 2 heteroatoms. The first-order chi connectivity index (χ1) is 4.81. The Morgan fingerprint density at radius 1 is 1.40 bits per heavy atom. The van der Waals surface area contributed by atoms with Crippen molar-refractivity contribution in [3.63, 3.8) is 0 Å². The molecule has 0 saturated heterocycles. The molecule has 0 heterocycles. The van der Waals surface area contributed by atoms with E-state index in [-0.39, 0.29) is 0 Å². The molecule has 0 rings (SSSR count). The van der Waals surface area contributed by atoms with E-state index >= 15 is 0 Å². The molecule has 10 heavy (non-hydrogen) atoms. The molecule has 0 fully saturated rings. The summed E-state index contributed by atoms with van der Waals surface area (Å²) in [6.07, 6.45) is 9.47. The maximum atomic E-state index is 9.79. The van der Waals surface area contributed by atoms with Gasteiger partial charge in [-0.05, 0) is 19.1 Å². The van der Waals surface area contributed by atoms with Crippen LogP contribution in [0.25, 0.3) is 0 Å². The van der Waals surface area contributed by atoms with Gasteiger partial charge in [0, 0.05) is 4.48 Å². The van der Waals surface area contributed by atoms with Crippen LogP contribution in [0.4, 0.5) is 0 Å². The molecule has 0 amide bonds. The minimum atomic E-state index is 0.742. The van der Waals surface area contributed by atoms with Crippen LogP contribution in [0.15, 0.2) is 34.9 Å². The van der Waals surface area contributed by atoms with Crippen molar-refractivity contribution in [2.24, 2.45) is 0 Å². The third-order valence-corrected chi connectivity index (χ3v) is 1.30. The van der Waals surface area contributed by atoms with Crippen LogP contribution < -0.4 is 0 Å². The van der Waals surface area contributed by atoms with Gasteiger partial charge < -0.3 is 0 Å². The van der Waals surface area contributed by atoms with E-state index in [1.54, 1.807) is 12.2 Å². The van der Waals surface area contributed by atoms with Crippen molar-refractivity contribution < 1.29 is 4.79 Å². The first kappa shape index (κ1) is 9.37. The number of carbonyl (C=O) groups excluding carboxylic acids is 1. The van der Waals surface area contributed by atoms with Gasteiger partial charge in [0.05, 0.1) is 0 Å². The van der Waals surface area contributed by atoms with Crippen molar-refractivity contribution in [2.75, 3.05) is 0 Å². The maximum absolute atomic E-state index is 9.79. The summed E-state index contributed by atoms with van der Waals surface area (Å²) in [6, 6.07) is 0. The SMILES string of the molecule is C\C=C/C(Br)=C\C=C\C=O. The predicted octanol–water partition coefficient (Wildman–Crippen LogP) is 2.60. The fourth-order valence-corrected chi connectivity index (χ4v) is 0.825. The van der Waals surface area contributed by atoms with Gasteiger partial charge in [0.2, 0.25) is 0 Å². The molecule has 0 aromatic heterocycles. The van der Waals surface area contributed by atoms with Crippen LogP contribution in [0, 0.1) is 0 Å². The number of hydrogen-bond donors (Lipinski definition) is 0. The zero-order valence-corrected chi connectivity index (χ0v) is 7.34. The van der Waals surface area contributed by atoms with Crippen LogP contribution in [0.1, 0.15) is 6.92 Å². The van der Waals surface area contributed by atoms with E-state index in [0.29, 0.717) is 0 Å². The van der Waals surface area contributed by atoms with Crippen LogP contribution >= 0.6 is 15.9 Å². The van der Waals surface area contributed by atoms with E-state index < -0.39 is 0 Å². The molecule has 0 bridgehead atoms. The highest BCUT2D eigenvalue weighted by atomic mass is 79.9. The van der Waals surface area contributed by atoms with Gasteiger partial charge in [-0.1, -0.05) is 34.2 Å². The number of hydrogen-bond acceptors (Lipinski definition) is 1. The molecule has 0 saturated carbocycles.